The van der Waals surface area contributed by atoms with E-state index in [4.69, 9.17) is 18.9 Å². The number of benzene rings is 2. The van der Waals surface area contributed by atoms with Gasteiger partial charge in [0, 0.05) is 37.0 Å². The molecule has 3 aliphatic carbocycles. The summed E-state index contributed by atoms with van der Waals surface area (Å²) in [6, 6.07) is 16.2. The van der Waals surface area contributed by atoms with Crippen LogP contribution in [0.2, 0.25) is 0 Å². The fraction of sp³-hybridized carbons (Fsp3) is 0.500. The number of Topliss-reactive ketones (excluding diaryl/α,β-unsaturated/α-hetero) is 1. The number of rotatable bonds is 7. The van der Waals surface area contributed by atoms with Crippen molar-refractivity contribution in [3.8, 4) is 0 Å². The zero-order chi connectivity index (χ0) is 36.1. The predicted octanol–water partition coefficient (Wildman–Crippen LogP) is 4.24. The summed E-state index contributed by atoms with van der Waals surface area (Å²) in [6.45, 7) is 12.9. The van der Waals surface area contributed by atoms with Gasteiger partial charge in [-0.25, -0.2) is 9.59 Å². The first-order valence-corrected chi connectivity index (χ1v) is 16.4. The van der Waals surface area contributed by atoms with Crippen LogP contribution < -0.4 is 0 Å². The predicted molar refractivity (Wildman–Crippen MR) is 175 cm³/mol. The van der Waals surface area contributed by atoms with Crippen LogP contribution in [0.25, 0.3) is 0 Å². The van der Waals surface area contributed by atoms with Gasteiger partial charge in [0.1, 0.15) is 30.5 Å². The molecule has 0 saturated heterocycles. The minimum Gasteiger partial charge on any atom is -0.459 e. The Balaban J connectivity index is 1.77. The first-order valence-electron chi connectivity index (χ1n) is 16.4. The van der Waals surface area contributed by atoms with Crippen molar-refractivity contribution in [1.82, 2.24) is 0 Å². The summed E-state index contributed by atoms with van der Waals surface area (Å²) in [4.78, 5) is 67.1. The van der Waals surface area contributed by atoms with E-state index in [1.54, 1.807) is 76.2 Å². The topological polar surface area (TPSA) is 163 Å². The van der Waals surface area contributed by atoms with Gasteiger partial charge in [-0.3, -0.25) is 14.4 Å². The van der Waals surface area contributed by atoms with Crippen molar-refractivity contribution in [2.45, 2.75) is 90.5 Å². The van der Waals surface area contributed by atoms with E-state index in [1.807, 2.05) is 0 Å². The molecule has 0 amide bonds. The quantitative estimate of drug-likeness (QED) is 0.245. The number of hydrogen-bond acceptors (Lipinski definition) is 11. The van der Waals surface area contributed by atoms with E-state index in [-0.39, 0.29) is 24.0 Å². The molecular weight excluding hydrogens is 632 g/mol. The van der Waals surface area contributed by atoms with E-state index >= 15 is 0 Å². The van der Waals surface area contributed by atoms with E-state index < -0.39 is 93.9 Å². The Morgan fingerprint density at radius 1 is 0.796 bits per heavy atom. The van der Waals surface area contributed by atoms with Crippen LogP contribution in [0, 0.1) is 28.1 Å². The lowest BCUT2D eigenvalue weighted by molar-refractivity contribution is -0.313. The Labute approximate surface area is 285 Å². The SMILES string of the molecule is C=C[C@]1(C)C[C@@H](OC(=O)c2ccccc2)[C@H]2[C@](O)(C1=O)[C@H](OC(C)=O)C[C@H]1C(C)(C)[C@H](OC(C)=O)[C@H](O)[C@H](OC(=O)c3ccccc3)[C@@]12C. The van der Waals surface area contributed by atoms with Gasteiger partial charge < -0.3 is 29.2 Å². The number of hydrogen-bond donors (Lipinski definition) is 2. The Kier molecular flexibility index (Phi) is 9.42. The van der Waals surface area contributed by atoms with Crippen molar-refractivity contribution in [1.29, 1.82) is 0 Å². The molecule has 2 aromatic rings. The van der Waals surface area contributed by atoms with Crippen molar-refractivity contribution >= 4 is 29.7 Å². The van der Waals surface area contributed by atoms with Crippen LogP contribution in [0.5, 0.6) is 0 Å². The van der Waals surface area contributed by atoms with Gasteiger partial charge in [0.2, 0.25) is 0 Å². The number of allylic oxidation sites excluding steroid dienone is 1. The summed E-state index contributed by atoms with van der Waals surface area (Å²) >= 11 is 0. The normalized spacial score (nSPS) is 36.2. The minimum absolute atomic E-state index is 0.126. The average molecular weight is 677 g/mol. The van der Waals surface area contributed by atoms with Gasteiger partial charge in [-0.15, -0.1) is 6.58 Å². The lowest BCUT2D eigenvalue weighted by atomic mass is 9.38. The molecule has 0 unspecified atom stereocenters. The Morgan fingerprint density at radius 3 is 1.80 bits per heavy atom. The third-order valence-electron chi connectivity index (χ3n) is 11.1. The van der Waals surface area contributed by atoms with Crippen LogP contribution in [0.4, 0.5) is 0 Å². The van der Waals surface area contributed by atoms with Gasteiger partial charge in [-0.2, -0.15) is 0 Å². The smallest absolute Gasteiger partial charge is 0.338 e. The number of carbonyl (C=O) groups excluding carboxylic acids is 5. The molecule has 0 aliphatic heterocycles. The summed E-state index contributed by atoms with van der Waals surface area (Å²) in [7, 11) is 0. The third-order valence-corrected chi connectivity index (χ3v) is 11.1. The lowest BCUT2D eigenvalue weighted by Crippen LogP contribution is -2.80. The number of carbonyl (C=O) groups is 5. The first-order chi connectivity index (χ1) is 22.9. The fourth-order valence-corrected chi connectivity index (χ4v) is 9.00. The van der Waals surface area contributed by atoms with Crippen LogP contribution in [-0.2, 0) is 33.3 Å². The maximum Gasteiger partial charge on any atom is 0.338 e. The molecule has 2 aromatic carbocycles. The average Bonchev–Trinajstić information content (AvgIpc) is 3.05. The molecule has 3 saturated carbocycles. The van der Waals surface area contributed by atoms with Gasteiger partial charge in [0.25, 0.3) is 0 Å². The summed E-state index contributed by atoms with van der Waals surface area (Å²) in [5.41, 5.74) is -6.28. The second-order valence-electron chi connectivity index (χ2n) is 14.6. The molecule has 11 nitrogen and oxygen atoms in total. The lowest BCUT2D eigenvalue weighted by Gasteiger charge is -2.69. The standard InChI is InChI=1S/C38H44O11/c1-8-36(6)20-25(48-32(42)23-15-11-9-12-16-23)29-37(7)26(19-27(46-21(2)39)38(29,45)34(36)44)35(4,5)30(47-22(3)40)28(41)31(37)49-33(43)24-17-13-10-14-18-24/h8-18,25-31,41,45H,1,19-20H2,2-7H3/t25-,26+,27-,28+,29-,30-,31+,36-,37+,38+/m1/s1. The number of esters is 4. The maximum absolute atomic E-state index is 14.7. The maximum atomic E-state index is 14.7. The van der Waals surface area contributed by atoms with Crippen molar-refractivity contribution in [2.75, 3.05) is 0 Å². The highest BCUT2D eigenvalue weighted by Gasteiger charge is 2.78. The van der Waals surface area contributed by atoms with Crippen molar-refractivity contribution in [2.24, 2.45) is 28.1 Å². The number of ketones is 1. The van der Waals surface area contributed by atoms with Gasteiger partial charge in [0.15, 0.2) is 11.4 Å². The van der Waals surface area contributed by atoms with E-state index in [2.05, 4.69) is 6.58 Å². The zero-order valence-electron chi connectivity index (χ0n) is 28.6. The number of ether oxygens (including phenoxy) is 4. The number of fused-ring (bicyclic) bond motifs is 3. The van der Waals surface area contributed by atoms with Gasteiger partial charge in [0.05, 0.1) is 16.5 Å². The summed E-state index contributed by atoms with van der Waals surface area (Å²) in [5, 5.41) is 25.1. The third kappa shape index (κ3) is 5.86. The molecule has 0 spiro atoms. The zero-order valence-corrected chi connectivity index (χ0v) is 28.6. The molecule has 0 heterocycles. The number of aliphatic hydroxyl groups is 2. The van der Waals surface area contributed by atoms with E-state index in [0.717, 1.165) is 6.92 Å². The van der Waals surface area contributed by atoms with Crippen LogP contribution in [0.15, 0.2) is 73.3 Å². The Hall–Kier alpha value is -4.35. The van der Waals surface area contributed by atoms with Crippen molar-refractivity contribution < 1.29 is 53.1 Å². The monoisotopic (exact) mass is 676 g/mol. The highest BCUT2D eigenvalue weighted by molar-refractivity contribution is 5.97. The molecule has 49 heavy (non-hydrogen) atoms. The summed E-state index contributed by atoms with van der Waals surface area (Å²) in [5.74, 6) is -5.91. The van der Waals surface area contributed by atoms with Gasteiger partial charge in [-0.1, -0.05) is 63.2 Å². The molecular formula is C38H44O11. The summed E-state index contributed by atoms with van der Waals surface area (Å²) < 4.78 is 23.8. The molecule has 5 rings (SSSR count). The van der Waals surface area contributed by atoms with E-state index in [0.29, 0.717) is 0 Å². The van der Waals surface area contributed by atoms with Crippen LogP contribution in [0.3, 0.4) is 0 Å². The highest BCUT2D eigenvalue weighted by atomic mass is 16.6. The van der Waals surface area contributed by atoms with Crippen molar-refractivity contribution in [3.63, 3.8) is 0 Å². The van der Waals surface area contributed by atoms with Crippen LogP contribution in [-0.4, -0.2) is 76.0 Å². The second-order valence-corrected chi connectivity index (χ2v) is 14.6. The molecule has 3 fully saturated rings. The van der Waals surface area contributed by atoms with Crippen molar-refractivity contribution in [3.05, 3.63) is 84.4 Å². The molecule has 11 heteroatoms. The molecule has 0 aromatic heterocycles. The molecule has 10 atom stereocenters. The second kappa shape index (κ2) is 12.8. The Morgan fingerprint density at radius 2 is 1.31 bits per heavy atom. The van der Waals surface area contributed by atoms with E-state index in [9.17, 15) is 34.2 Å². The molecule has 2 N–H and O–H groups in total. The van der Waals surface area contributed by atoms with Gasteiger partial charge >= 0.3 is 23.9 Å². The van der Waals surface area contributed by atoms with Crippen LogP contribution >= 0.6 is 0 Å². The van der Waals surface area contributed by atoms with Crippen LogP contribution in [0.1, 0.15) is 75.1 Å². The number of aliphatic hydroxyl groups excluding tert-OH is 1. The molecule has 262 valence electrons. The largest absolute Gasteiger partial charge is 0.459 e. The highest BCUT2D eigenvalue weighted by Crippen LogP contribution is 2.67. The first kappa shape index (κ1) is 35.9. The fourth-order valence-electron chi connectivity index (χ4n) is 9.00. The molecule has 0 bridgehead atoms. The minimum atomic E-state index is -2.51. The Bertz CT molecular complexity index is 1640. The summed E-state index contributed by atoms with van der Waals surface area (Å²) in [6.07, 6.45) is -6.03. The molecule has 0 radical (unpaired) electrons. The van der Waals surface area contributed by atoms with E-state index in [1.165, 1.54) is 25.1 Å². The van der Waals surface area contributed by atoms with Gasteiger partial charge in [-0.05, 0) is 43.5 Å². The molecule has 3 aliphatic rings.